The van der Waals surface area contributed by atoms with Gasteiger partial charge in [0.1, 0.15) is 10.8 Å². The zero-order valence-corrected chi connectivity index (χ0v) is 18.3. The van der Waals surface area contributed by atoms with Gasteiger partial charge in [-0.3, -0.25) is 4.79 Å². The fraction of sp³-hybridized carbons (Fsp3) is 0.565. The maximum atomic E-state index is 11.6. The average Bonchev–Trinajstić information content (AvgIpc) is 3.26. The molecule has 0 spiro atoms. The average molecular weight is 414 g/mol. The SMILES string of the molecule is CC(=O)N1CCc2nc(-c3ccc(OCCCN4CCCC4C)cc3)sc2CC1. The number of nitrogens with zero attached hydrogens (tertiary/aromatic N) is 3. The molecule has 1 atom stereocenters. The number of fused-ring (bicyclic) bond motifs is 1. The summed E-state index contributed by atoms with van der Waals surface area (Å²) in [6, 6.07) is 9.05. The number of aromatic nitrogens is 1. The number of thiazole rings is 1. The molecule has 0 saturated carbocycles. The molecule has 29 heavy (non-hydrogen) atoms. The molecule has 6 heteroatoms. The molecule has 0 radical (unpaired) electrons. The van der Waals surface area contributed by atoms with E-state index in [9.17, 15) is 4.79 Å². The van der Waals surface area contributed by atoms with E-state index in [0.29, 0.717) is 0 Å². The maximum absolute atomic E-state index is 11.6. The van der Waals surface area contributed by atoms with Gasteiger partial charge in [0.2, 0.25) is 5.91 Å². The first kappa shape index (κ1) is 20.4. The third kappa shape index (κ3) is 4.98. The van der Waals surface area contributed by atoms with Gasteiger partial charge >= 0.3 is 0 Å². The summed E-state index contributed by atoms with van der Waals surface area (Å²) in [5.74, 6) is 1.09. The lowest BCUT2D eigenvalue weighted by molar-refractivity contribution is -0.128. The van der Waals surface area contributed by atoms with Crippen LogP contribution in [0.5, 0.6) is 5.75 Å². The first-order chi connectivity index (χ1) is 14.1. The van der Waals surface area contributed by atoms with E-state index in [1.54, 1.807) is 18.3 Å². The van der Waals surface area contributed by atoms with E-state index < -0.39 is 0 Å². The molecule has 0 N–H and O–H groups in total. The molecule has 1 saturated heterocycles. The van der Waals surface area contributed by atoms with E-state index in [1.807, 2.05) is 4.90 Å². The molecule has 2 aromatic rings. The number of benzene rings is 1. The van der Waals surface area contributed by atoms with E-state index in [2.05, 4.69) is 36.1 Å². The van der Waals surface area contributed by atoms with Crippen molar-refractivity contribution in [3.05, 3.63) is 34.8 Å². The molecule has 1 amide bonds. The highest BCUT2D eigenvalue weighted by Crippen LogP contribution is 2.31. The summed E-state index contributed by atoms with van der Waals surface area (Å²) in [5, 5.41) is 1.07. The lowest BCUT2D eigenvalue weighted by atomic mass is 10.2. The number of hydrogen-bond acceptors (Lipinski definition) is 5. The van der Waals surface area contributed by atoms with Crippen LogP contribution >= 0.6 is 11.3 Å². The van der Waals surface area contributed by atoms with Crippen LogP contribution in [0.4, 0.5) is 0 Å². The Morgan fingerprint density at radius 3 is 2.72 bits per heavy atom. The highest BCUT2D eigenvalue weighted by Gasteiger charge is 2.20. The summed E-state index contributed by atoms with van der Waals surface area (Å²) >= 11 is 1.76. The normalized spacial score (nSPS) is 19.8. The predicted octanol–water partition coefficient (Wildman–Crippen LogP) is 4.01. The lowest BCUT2D eigenvalue weighted by Crippen LogP contribution is -2.31. The van der Waals surface area contributed by atoms with Crippen LogP contribution < -0.4 is 4.74 Å². The second kappa shape index (κ2) is 9.26. The molecule has 1 aromatic carbocycles. The van der Waals surface area contributed by atoms with Crippen LogP contribution in [0.2, 0.25) is 0 Å². The van der Waals surface area contributed by atoms with Crippen LogP contribution in [-0.4, -0.2) is 59.5 Å². The molecule has 1 fully saturated rings. The minimum absolute atomic E-state index is 0.158. The van der Waals surface area contributed by atoms with Crippen molar-refractivity contribution in [1.29, 1.82) is 0 Å². The fourth-order valence-corrected chi connectivity index (χ4v) is 5.38. The quantitative estimate of drug-likeness (QED) is 0.671. The van der Waals surface area contributed by atoms with E-state index in [-0.39, 0.29) is 5.91 Å². The molecule has 2 aliphatic heterocycles. The number of ether oxygens (including phenoxy) is 1. The van der Waals surface area contributed by atoms with E-state index >= 15 is 0 Å². The lowest BCUT2D eigenvalue weighted by Gasteiger charge is -2.20. The first-order valence-electron chi connectivity index (χ1n) is 10.8. The van der Waals surface area contributed by atoms with Crippen molar-refractivity contribution in [2.24, 2.45) is 0 Å². The largest absolute Gasteiger partial charge is 0.494 e. The van der Waals surface area contributed by atoms with Crippen LogP contribution in [0.3, 0.4) is 0 Å². The summed E-state index contributed by atoms with van der Waals surface area (Å²) in [6.07, 6.45) is 5.49. The number of amides is 1. The summed E-state index contributed by atoms with van der Waals surface area (Å²) in [7, 11) is 0. The van der Waals surface area contributed by atoms with Gasteiger partial charge < -0.3 is 14.5 Å². The fourth-order valence-electron chi connectivity index (χ4n) is 4.28. The Balaban J connectivity index is 1.29. The molecule has 2 aliphatic rings. The molecule has 4 rings (SSSR count). The van der Waals surface area contributed by atoms with Crippen LogP contribution in [-0.2, 0) is 17.6 Å². The minimum Gasteiger partial charge on any atom is -0.494 e. The Kier molecular flexibility index (Phi) is 6.50. The Hall–Kier alpha value is -1.92. The number of rotatable bonds is 6. The number of hydrogen-bond donors (Lipinski definition) is 0. The molecule has 0 aliphatic carbocycles. The second-order valence-electron chi connectivity index (χ2n) is 8.15. The number of carbonyl (C=O) groups excluding carboxylic acids is 1. The molecular weight excluding hydrogens is 382 g/mol. The highest BCUT2D eigenvalue weighted by atomic mass is 32.1. The summed E-state index contributed by atoms with van der Waals surface area (Å²) < 4.78 is 5.94. The summed E-state index contributed by atoms with van der Waals surface area (Å²) in [4.78, 5) is 22.3. The van der Waals surface area contributed by atoms with E-state index in [0.717, 1.165) is 73.6 Å². The number of carbonyl (C=O) groups is 1. The van der Waals surface area contributed by atoms with Crippen molar-refractivity contribution in [3.8, 4) is 16.3 Å². The van der Waals surface area contributed by atoms with Crippen molar-refractivity contribution in [2.75, 3.05) is 32.8 Å². The Bertz CT molecular complexity index is 808. The van der Waals surface area contributed by atoms with Crippen molar-refractivity contribution in [3.63, 3.8) is 0 Å². The highest BCUT2D eigenvalue weighted by molar-refractivity contribution is 7.15. The number of likely N-dealkylation sites (tertiary alicyclic amines) is 1. The van der Waals surface area contributed by atoms with Crippen LogP contribution in [0.1, 0.15) is 43.7 Å². The van der Waals surface area contributed by atoms with E-state index in [1.165, 1.54) is 24.3 Å². The van der Waals surface area contributed by atoms with Gasteiger partial charge in [0, 0.05) is 55.9 Å². The van der Waals surface area contributed by atoms with Gasteiger partial charge in [0.25, 0.3) is 0 Å². The van der Waals surface area contributed by atoms with Gasteiger partial charge in [-0.1, -0.05) is 0 Å². The van der Waals surface area contributed by atoms with Gasteiger partial charge in [-0.05, 0) is 57.0 Å². The van der Waals surface area contributed by atoms with Gasteiger partial charge in [0.05, 0.1) is 12.3 Å². The first-order valence-corrected chi connectivity index (χ1v) is 11.6. The monoisotopic (exact) mass is 413 g/mol. The second-order valence-corrected chi connectivity index (χ2v) is 9.23. The minimum atomic E-state index is 0.158. The van der Waals surface area contributed by atoms with Crippen molar-refractivity contribution < 1.29 is 9.53 Å². The van der Waals surface area contributed by atoms with Crippen molar-refractivity contribution in [2.45, 2.75) is 52.0 Å². The van der Waals surface area contributed by atoms with Crippen LogP contribution in [0.25, 0.3) is 10.6 Å². The molecule has 1 aromatic heterocycles. The Labute approximate surface area is 177 Å². The van der Waals surface area contributed by atoms with E-state index in [4.69, 9.17) is 9.72 Å². The Morgan fingerprint density at radius 2 is 2.00 bits per heavy atom. The zero-order valence-electron chi connectivity index (χ0n) is 17.5. The predicted molar refractivity (Wildman–Crippen MR) is 118 cm³/mol. The van der Waals surface area contributed by atoms with Gasteiger partial charge in [-0.25, -0.2) is 4.98 Å². The van der Waals surface area contributed by atoms with Gasteiger partial charge in [0.15, 0.2) is 0 Å². The molecule has 0 bridgehead atoms. The zero-order chi connectivity index (χ0) is 20.2. The molecular formula is C23H31N3O2S. The van der Waals surface area contributed by atoms with Crippen LogP contribution in [0, 0.1) is 0 Å². The topological polar surface area (TPSA) is 45.7 Å². The molecule has 5 nitrogen and oxygen atoms in total. The molecule has 3 heterocycles. The standard InChI is InChI=1S/C23H31N3O2S/c1-17-5-3-12-25(17)13-4-16-28-20-8-6-19(7-9-20)23-24-21-10-14-26(18(2)27)15-11-22(21)29-23/h6-9,17H,3-5,10-16H2,1-2H3. The smallest absolute Gasteiger partial charge is 0.219 e. The van der Waals surface area contributed by atoms with Crippen molar-refractivity contribution >= 4 is 17.2 Å². The maximum Gasteiger partial charge on any atom is 0.219 e. The third-order valence-corrected chi connectivity index (χ3v) is 7.31. The third-order valence-electron chi connectivity index (χ3n) is 6.10. The van der Waals surface area contributed by atoms with Crippen LogP contribution in [0.15, 0.2) is 24.3 Å². The van der Waals surface area contributed by atoms with Gasteiger partial charge in [-0.2, -0.15) is 0 Å². The Morgan fingerprint density at radius 1 is 1.21 bits per heavy atom. The molecule has 1 unspecified atom stereocenters. The van der Waals surface area contributed by atoms with Gasteiger partial charge in [-0.15, -0.1) is 11.3 Å². The summed E-state index contributed by atoms with van der Waals surface area (Å²) in [5.41, 5.74) is 2.30. The summed E-state index contributed by atoms with van der Waals surface area (Å²) in [6.45, 7) is 8.67. The molecule has 156 valence electrons. The van der Waals surface area contributed by atoms with Crippen molar-refractivity contribution in [1.82, 2.24) is 14.8 Å².